The van der Waals surface area contributed by atoms with Crippen LogP contribution in [0.2, 0.25) is 0 Å². The van der Waals surface area contributed by atoms with E-state index in [9.17, 15) is 5.11 Å². The minimum atomic E-state index is 0.210. The maximum Gasteiger partial charge on any atom is 0.199 e. The Bertz CT molecular complexity index is 1860. The van der Waals surface area contributed by atoms with Crippen molar-refractivity contribution < 1.29 is 5.11 Å². The van der Waals surface area contributed by atoms with Gasteiger partial charge in [-0.25, -0.2) is 9.97 Å². The molecule has 6 heterocycles. The van der Waals surface area contributed by atoms with Gasteiger partial charge in [-0.2, -0.15) is 5.10 Å². The van der Waals surface area contributed by atoms with E-state index in [1.165, 1.54) is 28.1 Å². The average Bonchev–Trinajstić information content (AvgIpc) is 3.67. The molecular weight excluding hydrogens is 610 g/mol. The third-order valence-corrected chi connectivity index (χ3v) is 10.1. The number of hydrogen-bond donors (Lipinski definition) is 2. The summed E-state index contributed by atoms with van der Waals surface area (Å²) in [5.74, 6) is 3.06. The fourth-order valence-electron chi connectivity index (χ4n) is 7.28. The molecule has 8 rings (SSSR count). The second kappa shape index (κ2) is 14.3. The highest BCUT2D eigenvalue weighted by Crippen LogP contribution is 2.36. The first-order chi connectivity index (χ1) is 24.2. The predicted octanol–water partition coefficient (Wildman–Crippen LogP) is 5.27. The Morgan fingerprint density at radius 1 is 0.776 bits per heavy atom. The Morgan fingerprint density at radius 2 is 1.57 bits per heavy atom. The summed E-state index contributed by atoms with van der Waals surface area (Å²) < 4.78 is 0. The van der Waals surface area contributed by atoms with Gasteiger partial charge in [0.25, 0.3) is 0 Å². The van der Waals surface area contributed by atoms with Crippen LogP contribution in [0, 0.1) is 0 Å². The van der Waals surface area contributed by atoms with Gasteiger partial charge in [0.15, 0.2) is 5.82 Å². The van der Waals surface area contributed by atoms with Crippen LogP contribution in [0.1, 0.15) is 47.0 Å². The van der Waals surface area contributed by atoms with Crippen LogP contribution < -0.4 is 9.80 Å². The van der Waals surface area contributed by atoms with E-state index in [0.29, 0.717) is 11.7 Å². The molecule has 3 aliphatic rings. The smallest absolute Gasteiger partial charge is 0.199 e. The standard InChI is InChI=1S/C39H43N9O/c49-25-24-45-20-22-47(23-21-45)37-14-13-32-28-48(33-6-2-1-3-7-33)36(26-35(32)41-37)30-11-9-29(10-12-30)27-46-18-15-31(16-19-46)38-42-39(44-43-38)34-8-4-5-17-40-34/h1-14,17,26,31,49H,15-16,18-25,27-28H2,(H,42,43,44). The Kier molecular flexibility index (Phi) is 9.15. The lowest BCUT2D eigenvalue weighted by Crippen LogP contribution is -2.47. The van der Waals surface area contributed by atoms with Crippen LogP contribution in [0.4, 0.5) is 11.5 Å². The molecule has 0 bridgehead atoms. The van der Waals surface area contributed by atoms with Crippen molar-refractivity contribution in [2.45, 2.75) is 31.8 Å². The molecule has 5 aromatic rings. The van der Waals surface area contributed by atoms with Gasteiger partial charge in [-0.1, -0.05) is 54.6 Å². The third-order valence-electron chi connectivity index (χ3n) is 10.1. The number of rotatable bonds is 9. The van der Waals surface area contributed by atoms with Crippen LogP contribution in [0.3, 0.4) is 0 Å². The van der Waals surface area contributed by atoms with Crippen LogP contribution in [0.5, 0.6) is 0 Å². The number of anilines is 2. The number of aromatic amines is 1. The zero-order chi connectivity index (χ0) is 33.0. The Morgan fingerprint density at radius 3 is 2.33 bits per heavy atom. The number of H-pyrrole nitrogens is 1. The highest BCUT2D eigenvalue weighted by molar-refractivity contribution is 5.92. The van der Waals surface area contributed by atoms with Crippen molar-refractivity contribution >= 4 is 23.3 Å². The molecule has 2 N–H and O–H groups in total. The minimum Gasteiger partial charge on any atom is -0.395 e. The van der Waals surface area contributed by atoms with E-state index in [-0.39, 0.29) is 6.61 Å². The molecule has 0 aliphatic carbocycles. The molecule has 0 unspecified atom stereocenters. The first-order valence-corrected chi connectivity index (χ1v) is 17.5. The molecule has 49 heavy (non-hydrogen) atoms. The fraction of sp³-hybridized carbons (Fsp3) is 0.333. The van der Waals surface area contributed by atoms with Crippen LogP contribution in [-0.2, 0) is 13.1 Å². The number of piperidine rings is 1. The van der Waals surface area contributed by atoms with Crippen LogP contribution in [0.15, 0.2) is 91.1 Å². The molecule has 0 amide bonds. The number of pyridine rings is 2. The Balaban J connectivity index is 0.957. The van der Waals surface area contributed by atoms with Crippen molar-refractivity contribution in [2.24, 2.45) is 0 Å². The Labute approximate surface area is 287 Å². The summed E-state index contributed by atoms with van der Waals surface area (Å²) in [7, 11) is 0. The number of aromatic nitrogens is 5. The summed E-state index contributed by atoms with van der Waals surface area (Å²) in [4.78, 5) is 24.0. The largest absolute Gasteiger partial charge is 0.395 e. The van der Waals surface area contributed by atoms with Gasteiger partial charge in [-0.15, -0.1) is 0 Å². The maximum atomic E-state index is 9.33. The number of piperazine rings is 1. The molecule has 10 nitrogen and oxygen atoms in total. The number of hydrogen-bond acceptors (Lipinski definition) is 9. The van der Waals surface area contributed by atoms with E-state index in [4.69, 9.17) is 9.97 Å². The monoisotopic (exact) mass is 653 g/mol. The molecule has 2 fully saturated rings. The molecule has 250 valence electrons. The van der Waals surface area contributed by atoms with E-state index in [1.807, 2.05) is 18.2 Å². The highest BCUT2D eigenvalue weighted by Gasteiger charge is 2.26. The van der Waals surface area contributed by atoms with Gasteiger partial charge in [0.1, 0.15) is 17.3 Å². The molecular formula is C39H43N9O. The molecule has 0 saturated carbocycles. The number of fused-ring (bicyclic) bond motifs is 1. The van der Waals surface area contributed by atoms with E-state index in [0.717, 1.165) is 94.8 Å². The number of nitrogens with zero attached hydrogens (tertiary/aromatic N) is 8. The molecule has 0 atom stereocenters. The van der Waals surface area contributed by atoms with Crippen molar-refractivity contribution in [1.82, 2.24) is 34.9 Å². The molecule has 10 heteroatoms. The minimum absolute atomic E-state index is 0.210. The van der Waals surface area contributed by atoms with Gasteiger partial charge < -0.3 is 14.9 Å². The lowest BCUT2D eigenvalue weighted by Gasteiger charge is -2.36. The highest BCUT2D eigenvalue weighted by atomic mass is 16.3. The van der Waals surface area contributed by atoms with E-state index >= 15 is 0 Å². The summed E-state index contributed by atoms with van der Waals surface area (Å²) >= 11 is 0. The predicted molar refractivity (Wildman–Crippen MR) is 194 cm³/mol. The summed E-state index contributed by atoms with van der Waals surface area (Å²) in [6, 6.07) is 30.0. The summed E-state index contributed by atoms with van der Waals surface area (Å²) in [5.41, 5.74) is 7.93. The number of para-hydroxylation sites is 1. The van der Waals surface area contributed by atoms with E-state index < -0.39 is 0 Å². The second-order valence-corrected chi connectivity index (χ2v) is 13.2. The SMILES string of the molecule is OCCN1CCN(c2ccc3c(n2)C=C(c2ccc(CN4CCC(c5nc(-c6ccccn6)n[nH]5)CC4)cc2)N(c2ccccc2)C3)CC1. The van der Waals surface area contributed by atoms with Crippen LogP contribution in [0.25, 0.3) is 23.3 Å². The first-order valence-electron chi connectivity index (χ1n) is 17.5. The normalized spacial score (nSPS) is 17.6. The number of nitrogens with one attached hydrogen (secondary N) is 1. The van der Waals surface area contributed by atoms with E-state index in [1.54, 1.807) is 6.20 Å². The number of aliphatic hydroxyl groups excluding tert-OH is 1. The van der Waals surface area contributed by atoms with Gasteiger partial charge in [-0.3, -0.25) is 19.9 Å². The number of likely N-dealkylation sites (tertiary alicyclic amines) is 1. The van der Waals surface area contributed by atoms with Crippen molar-refractivity contribution in [1.29, 1.82) is 0 Å². The van der Waals surface area contributed by atoms with Gasteiger partial charge in [0, 0.05) is 57.1 Å². The van der Waals surface area contributed by atoms with Gasteiger partial charge in [0.2, 0.25) is 0 Å². The average molecular weight is 654 g/mol. The van der Waals surface area contributed by atoms with Gasteiger partial charge in [-0.05, 0) is 79.0 Å². The zero-order valence-corrected chi connectivity index (χ0v) is 27.8. The molecule has 3 aromatic heterocycles. The molecule has 2 aromatic carbocycles. The zero-order valence-electron chi connectivity index (χ0n) is 27.8. The lowest BCUT2D eigenvalue weighted by atomic mass is 9.95. The second-order valence-electron chi connectivity index (χ2n) is 13.2. The number of aliphatic hydroxyl groups is 1. The van der Waals surface area contributed by atoms with Crippen LogP contribution in [-0.4, -0.2) is 92.5 Å². The van der Waals surface area contributed by atoms with Crippen molar-refractivity contribution in [3.05, 3.63) is 119 Å². The lowest BCUT2D eigenvalue weighted by molar-refractivity contribution is 0.188. The molecule has 0 radical (unpaired) electrons. The van der Waals surface area contributed by atoms with Crippen molar-refractivity contribution in [2.75, 3.05) is 62.2 Å². The summed E-state index contributed by atoms with van der Waals surface area (Å²) in [6.07, 6.45) is 6.15. The molecule has 0 spiro atoms. The van der Waals surface area contributed by atoms with Gasteiger partial charge >= 0.3 is 0 Å². The van der Waals surface area contributed by atoms with Crippen molar-refractivity contribution in [3.63, 3.8) is 0 Å². The number of β-amino-alcohol motifs (C(OH)–C–C–N with tert-alkyl or cyclic N) is 1. The number of benzene rings is 2. The quantitative estimate of drug-likeness (QED) is 0.220. The molecule has 3 aliphatic heterocycles. The van der Waals surface area contributed by atoms with Crippen molar-refractivity contribution in [3.8, 4) is 11.5 Å². The first kappa shape index (κ1) is 31.4. The Hall–Kier alpha value is -4.90. The molecule has 2 saturated heterocycles. The summed E-state index contributed by atoms with van der Waals surface area (Å²) in [5, 5.41) is 16.9. The van der Waals surface area contributed by atoms with Gasteiger partial charge in [0.05, 0.1) is 24.5 Å². The fourth-order valence-corrected chi connectivity index (χ4v) is 7.28. The van der Waals surface area contributed by atoms with Crippen LogP contribution >= 0.6 is 0 Å². The maximum absolute atomic E-state index is 9.33. The summed E-state index contributed by atoms with van der Waals surface area (Å²) in [6.45, 7) is 8.44. The topological polar surface area (TPSA) is 101 Å². The van der Waals surface area contributed by atoms with E-state index in [2.05, 4.69) is 108 Å². The third kappa shape index (κ3) is 6.98.